The monoisotopic (exact) mass is 517 g/mol. The molecule has 0 saturated heterocycles. The van der Waals surface area contributed by atoms with Crippen LogP contribution in [-0.4, -0.2) is 31.1 Å². The van der Waals surface area contributed by atoms with E-state index in [2.05, 4.69) is 4.72 Å². The van der Waals surface area contributed by atoms with E-state index < -0.39 is 25.8 Å². The van der Waals surface area contributed by atoms with Gasteiger partial charge >= 0.3 is 15.7 Å². The molecule has 0 atom stereocenters. The SMILES string of the molecule is COc1cccc(S(=O)(=O)Nc2cc3cccc(OS(=O)(=O)c4cccc(OC)c4)c3oc2=O)c1. The van der Waals surface area contributed by atoms with Crippen LogP contribution in [-0.2, 0) is 20.1 Å². The summed E-state index contributed by atoms with van der Waals surface area (Å²) in [4.78, 5) is 12.3. The first-order chi connectivity index (χ1) is 16.6. The summed E-state index contributed by atoms with van der Waals surface area (Å²) in [7, 11) is -5.66. The average Bonchev–Trinajstić information content (AvgIpc) is 2.85. The van der Waals surface area contributed by atoms with Crippen molar-refractivity contribution in [2.45, 2.75) is 9.79 Å². The highest BCUT2D eigenvalue weighted by atomic mass is 32.2. The average molecular weight is 518 g/mol. The Balaban J connectivity index is 1.70. The van der Waals surface area contributed by atoms with Crippen molar-refractivity contribution in [3.8, 4) is 17.2 Å². The molecule has 0 amide bonds. The first-order valence-electron chi connectivity index (χ1n) is 9.95. The molecular formula is C23H19NO9S2. The van der Waals surface area contributed by atoms with E-state index in [0.717, 1.165) is 0 Å². The third kappa shape index (κ3) is 5.08. The van der Waals surface area contributed by atoms with E-state index in [1.807, 2.05) is 0 Å². The number of sulfonamides is 1. The molecule has 4 rings (SSSR count). The minimum absolute atomic E-state index is 0.127. The van der Waals surface area contributed by atoms with Crippen LogP contribution >= 0.6 is 0 Å². The van der Waals surface area contributed by atoms with Crippen molar-refractivity contribution in [1.82, 2.24) is 0 Å². The Labute approximate surface area is 200 Å². The fraction of sp³-hybridized carbons (Fsp3) is 0.0870. The first-order valence-corrected chi connectivity index (χ1v) is 12.8. The lowest BCUT2D eigenvalue weighted by Gasteiger charge is -2.11. The van der Waals surface area contributed by atoms with Crippen LogP contribution in [0.15, 0.2) is 91.8 Å². The molecule has 1 heterocycles. The predicted octanol–water partition coefficient (Wildman–Crippen LogP) is 3.38. The van der Waals surface area contributed by atoms with Crippen molar-refractivity contribution in [2.24, 2.45) is 0 Å². The van der Waals surface area contributed by atoms with Crippen molar-refractivity contribution in [2.75, 3.05) is 18.9 Å². The molecule has 0 unspecified atom stereocenters. The van der Waals surface area contributed by atoms with Gasteiger partial charge in [-0.1, -0.05) is 24.3 Å². The largest absolute Gasteiger partial charge is 0.497 e. The molecule has 0 saturated carbocycles. The summed E-state index contributed by atoms with van der Waals surface area (Å²) >= 11 is 0. The number of nitrogens with one attached hydrogen (secondary N) is 1. The van der Waals surface area contributed by atoms with Crippen LogP contribution in [0.4, 0.5) is 5.69 Å². The van der Waals surface area contributed by atoms with Gasteiger partial charge in [0.05, 0.1) is 19.1 Å². The summed E-state index contributed by atoms with van der Waals surface area (Å²) in [5.41, 5.74) is -1.58. The summed E-state index contributed by atoms with van der Waals surface area (Å²) in [5, 5.41) is 0.228. The molecule has 182 valence electrons. The molecule has 1 aromatic heterocycles. The minimum atomic E-state index is -4.30. The normalized spacial score (nSPS) is 11.7. The van der Waals surface area contributed by atoms with E-state index >= 15 is 0 Å². The Hall–Kier alpha value is -4.03. The van der Waals surface area contributed by atoms with Gasteiger partial charge in [-0.2, -0.15) is 8.42 Å². The van der Waals surface area contributed by atoms with Crippen LogP contribution in [0.1, 0.15) is 0 Å². The second kappa shape index (κ2) is 9.31. The van der Waals surface area contributed by atoms with Gasteiger partial charge in [0.2, 0.25) is 0 Å². The number of para-hydroxylation sites is 1. The Morgan fingerprint density at radius 1 is 0.771 bits per heavy atom. The number of rotatable bonds is 8. The van der Waals surface area contributed by atoms with Crippen LogP contribution in [0.5, 0.6) is 17.2 Å². The Morgan fingerprint density at radius 3 is 2.03 bits per heavy atom. The molecule has 4 aromatic rings. The number of methoxy groups -OCH3 is 2. The lowest BCUT2D eigenvalue weighted by atomic mass is 10.2. The van der Waals surface area contributed by atoms with E-state index in [1.165, 1.54) is 74.9 Å². The zero-order valence-corrected chi connectivity index (χ0v) is 20.1. The van der Waals surface area contributed by atoms with E-state index in [9.17, 15) is 21.6 Å². The molecule has 0 bridgehead atoms. The zero-order valence-electron chi connectivity index (χ0n) is 18.4. The van der Waals surface area contributed by atoms with Crippen LogP contribution < -0.4 is 24.0 Å². The molecule has 3 aromatic carbocycles. The summed E-state index contributed by atoms with van der Waals surface area (Å²) in [6.07, 6.45) is 0. The summed E-state index contributed by atoms with van der Waals surface area (Å²) in [6.45, 7) is 0. The fourth-order valence-electron chi connectivity index (χ4n) is 3.15. The lowest BCUT2D eigenvalue weighted by molar-refractivity contribution is 0.412. The summed E-state index contributed by atoms with van der Waals surface area (Å²) < 4.78 is 73.8. The van der Waals surface area contributed by atoms with Crippen LogP contribution in [0.2, 0.25) is 0 Å². The van der Waals surface area contributed by atoms with Gasteiger partial charge in [-0.25, -0.2) is 13.2 Å². The van der Waals surface area contributed by atoms with E-state index in [-0.39, 0.29) is 32.2 Å². The second-order valence-corrected chi connectivity index (χ2v) is 10.4. The van der Waals surface area contributed by atoms with Gasteiger partial charge < -0.3 is 18.1 Å². The lowest BCUT2D eigenvalue weighted by Crippen LogP contribution is -2.18. The molecule has 12 heteroatoms. The maximum atomic E-state index is 12.8. The summed E-state index contributed by atoms with van der Waals surface area (Å²) in [5.74, 6) is 0.383. The number of fused-ring (bicyclic) bond motifs is 1. The highest BCUT2D eigenvalue weighted by molar-refractivity contribution is 7.92. The van der Waals surface area contributed by atoms with Crippen LogP contribution in [0, 0.1) is 0 Å². The van der Waals surface area contributed by atoms with Crippen LogP contribution in [0.25, 0.3) is 11.0 Å². The van der Waals surface area contributed by atoms with Gasteiger partial charge in [-0.3, -0.25) is 4.72 Å². The van der Waals surface area contributed by atoms with Gasteiger partial charge in [0.1, 0.15) is 22.1 Å². The van der Waals surface area contributed by atoms with Crippen molar-refractivity contribution >= 4 is 36.8 Å². The minimum Gasteiger partial charge on any atom is -0.497 e. The van der Waals surface area contributed by atoms with Crippen molar-refractivity contribution < 1.29 is 34.9 Å². The standard InChI is InChI=1S/C23H19NO9S2/c1-30-16-7-4-9-18(13-16)34(26,27)24-20-12-15-6-3-11-21(22(15)32-23(20)25)33-35(28,29)19-10-5-8-17(14-19)31-2/h3-14,24H,1-2H3. The Kier molecular flexibility index (Phi) is 6.41. The quantitative estimate of drug-likeness (QED) is 0.275. The van der Waals surface area contributed by atoms with Gasteiger partial charge in [0.15, 0.2) is 11.3 Å². The van der Waals surface area contributed by atoms with Crippen molar-refractivity contribution in [3.05, 3.63) is 83.2 Å². The van der Waals surface area contributed by atoms with Crippen LogP contribution in [0.3, 0.4) is 0 Å². The second-order valence-electron chi connectivity index (χ2n) is 7.12. The summed E-state index contributed by atoms with van der Waals surface area (Å²) in [6, 6.07) is 16.9. The molecule has 0 radical (unpaired) electrons. The fourth-order valence-corrected chi connectivity index (χ4v) is 5.20. The number of benzene rings is 3. The number of hydrogen-bond donors (Lipinski definition) is 1. The van der Waals surface area contributed by atoms with E-state index in [1.54, 1.807) is 12.1 Å². The Bertz CT molecular complexity index is 1680. The third-order valence-corrected chi connectivity index (χ3v) is 7.44. The smallest absolute Gasteiger partial charge is 0.360 e. The Morgan fingerprint density at radius 2 is 1.37 bits per heavy atom. The van der Waals surface area contributed by atoms with Gasteiger partial charge in [0, 0.05) is 17.5 Å². The number of hydrogen-bond acceptors (Lipinski definition) is 9. The predicted molar refractivity (Wildman–Crippen MR) is 127 cm³/mol. The molecule has 0 spiro atoms. The molecular weight excluding hydrogens is 498 g/mol. The zero-order chi connectivity index (χ0) is 25.2. The molecule has 1 N–H and O–H groups in total. The van der Waals surface area contributed by atoms with Gasteiger partial charge in [0.25, 0.3) is 10.0 Å². The third-order valence-electron chi connectivity index (χ3n) is 4.85. The topological polar surface area (TPSA) is 138 Å². The van der Waals surface area contributed by atoms with Crippen molar-refractivity contribution in [3.63, 3.8) is 0 Å². The van der Waals surface area contributed by atoms with E-state index in [4.69, 9.17) is 18.1 Å². The highest BCUT2D eigenvalue weighted by Gasteiger charge is 2.22. The number of anilines is 1. The molecule has 0 aliphatic heterocycles. The molecule has 35 heavy (non-hydrogen) atoms. The number of ether oxygens (including phenoxy) is 2. The molecule has 10 nitrogen and oxygen atoms in total. The first kappa shape index (κ1) is 24.1. The maximum Gasteiger partial charge on any atom is 0.360 e. The molecule has 0 aliphatic carbocycles. The van der Waals surface area contributed by atoms with E-state index in [0.29, 0.717) is 11.5 Å². The highest BCUT2D eigenvalue weighted by Crippen LogP contribution is 2.30. The molecule has 0 aliphatic rings. The van der Waals surface area contributed by atoms with Crippen molar-refractivity contribution in [1.29, 1.82) is 0 Å². The maximum absolute atomic E-state index is 12.8. The van der Waals surface area contributed by atoms with Gasteiger partial charge in [-0.05, 0) is 36.4 Å². The van der Waals surface area contributed by atoms with Gasteiger partial charge in [-0.15, -0.1) is 0 Å². The molecule has 0 fully saturated rings.